The quantitative estimate of drug-likeness (QED) is 0.378. The predicted octanol–water partition coefficient (Wildman–Crippen LogP) is 2.30. The van der Waals surface area contributed by atoms with Gasteiger partial charge in [-0.1, -0.05) is 0 Å². The topological polar surface area (TPSA) is 143 Å². The zero-order chi connectivity index (χ0) is 23.4. The highest BCUT2D eigenvalue weighted by molar-refractivity contribution is 6.04. The number of nitrogens with zero attached hydrogens (tertiary/aromatic N) is 4. The van der Waals surface area contributed by atoms with E-state index in [0.717, 1.165) is 4.90 Å². The van der Waals surface area contributed by atoms with Crippen molar-refractivity contribution in [2.24, 2.45) is 0 Å². The molecular weight excluding hydrogens is 428 g/mol. The van der Waals surface area contributed by atoms with Crippen molar-refractivity contribution in [1.82, 2.24) is 25.2 Å². The molecule has 1 unspecified atom stereocenters. The Balaban J connectivity index is 1.60. The van der Waals surface area contributed by atoms with Crippen molar-refractivity contribution in [1.29, 1.82) is 0 Å². The number of benzene rings is 2. The van der Waals surface area contributed by atoms with Gasteiger partial charge in [-0.3, -0.25) is 9.69 Å². The van der Waals surface area contributed by atoms with Crippen molar-refractivity contribution in [3.05, 3.63) is 48.5 Å². The van der Waals surface area contributed by atoms with Gasteiger partial charge in [0.15, 0.2) is 6.17 Å². The second-order valence-corrected chi connectivity index (χ2v) is 6.94. The van der Waals surface area contributed by atoms with Gasteiger partial charge in [0.25, 0.3) is 5.91 Å². The van der Waals surface area contributed by atoms with Crippen molar-refractivity contribution in [2.45, 2.75) is 6.17 Å². The molecule has 1 aliphatic rings. The molecule has 3 amide bonds. The summed E-state index contributed by atoms with van der Waals surface area (Å²) in [5, 5.41) is 11.5. The van der Waals surface area contributed by atoms with Gasteiger partial charge in [-0.05, 0) is 48.5 Å². The first-order chi connectivity index (χ1) is 15.9. The van der Waals surface area contributed by atoms with Crippen LogP contribution in [0.2, 0.25) is 0 Å². The van der Waals surface area contributed by atoms with Crippen LogP contribution in [0.15, 0.2) is 48.5 Å². The van der Waals surface area contributed by atoms with Crippen LogP contribution in [0, 0.1) is 0 Å². The summed E-state index contributed by atoms with van der Waals surface area (Å²) in [5.74, 6) is 1.50. The van der Waals surface area contributed by atoms with Crippen LogP contribution < -0.4 is 30.7 Å². The molecule has 1 aromatic heterocycles. The van der Waals surface area contributed by atoms with Gasteiger partial charge in [-0.15, -0.1) is 0 Å². The van der Waals surface area contributed by atoms with E-state index in [1.54, 1.807) is 38.5 Å². The predicted molar refractivity (Wildman–Crippen MR) is 121 cm³/mol. The number of likely N-dealkylation sites (N-methyl/N-ethyl adjacent to an activating group) is 1. The summed E-state index contributed by atoms with van der Waals surface area (Å²) in [7, 11) is 4.56. The van der Waals surface area contributed by atoms with E-state index in [9.17, 15) is 9.59 Å². The van der Waals surface area contributed by atoms with Crippen LogP contribution >= 0.6 is 0 Å². The Morgan fingerprint density at radius 1 is 0.788 bits per heavy atom. The Kier molecular flexibility index (Phi) is 6.06. The molecule has 0 saturated carbocycles. The molecule has 0 spiro atoms. The zero-order valence-corrected chi connectivity index (χ0v) is 18.1. The summed E-state index contributed by atoms with van der Waals surface area (Å²) in [4.78, 5) is 38.1. The molecule has 170 valence electrons. The molecule has 1 saturated heterocycles. The number of urea groups is 1. The molecule has 12 nitrogen and oxygen atoms in total. The first-order valence-electron chi connectivity index (χ1n) is 9.88. The third-order valence-electron chi connectivity index (χ3n) is 4.75. The number of hydrogen-bond acceptors (Lipinski definition) is 10. The number of carbonyl (C=O) groups excluding carboxylic acids is 2. The highest BCUT2D eigenvalue weighted by Gasteiger charge is 2.35. The van der Waals surface area contributed by atoms with E-state index in [1.807, 2.05) is 24.3 Å². The summed E-state index contributed by atoms with van der Waals surface area (Å²) in [6.45, 7) is 0. The molecule has 33 heavy (non-hydrogen) atoms. The minimum absolute atomic E-state index is 0.0889. The SMILES string of the molecule is COc1ccc(Nc2nc(Nc3ccc(OC)cc3)nc(NC3NC(=O)N(C)C3=O)n2)cc1. The second kappa shape index (κ2) is 9.26. The Bertz CT molecular complexity index is 1090. The van der Waals surface area contributed by atoms with Crippen molar-refractivity contribution in [2.75, 3.05) is 37.2 Å². The summed E-state index contributed by atoms with van der Waals surface area (Å²) in [5.41, 5.74) is 1.43. The number of carbonyl (C=O) groups is 2. The Hall–Kier alpha value is -4.61. The lowest BCUT2D eigenvalue weighted by atomic mass is 10.3. The molecule has 4 N–H and O–H groups in total. The van der Waals surface area contributed by atoms with Crippen LogP contribution in [-0.4, -0.2) is 59.2 Å². The molecular formula is C21H22N8O4. The van der Waals surface area contributed by atoms with Gasteiger partial charge < -0.3 is 30.7 Å². The molecule has 2 heterocycles. The van der Waals surface area contributed by atoms with E-state index in [2.05, 4.69) is 36.2 Å². The number of hydrogen-bond donors (Lipinski definition) is 4. The number of imide groups is 1. The molecule has 3 aromatic rings. The molecule has 0 aliphatic carbocycles. The minimum Gasteiger partial charge on any atom is -0.497 e. The number of methoxy groups -OCH3 is 2. The van der Waals surface area contributed by atoms with Gasteiger partial charge in [0.05, 0.1) is 14.2 Å². The highest BCUT2D eigenvalue weighted by Crippen LogP contribution is 2.22. The summed E-state index contributed by atoms with van der Waals surface area (Å²) in [6, 6.07) is 13.9. The van der Waals surface area contributed by atoms with Crippen LogP contribution in [0.3, 0.4) is 0 Å². The first-order valence-corrected chi connectivity index (χ1v) is 9.88. The minimum atomic E-state index is -0.993. The lowest BCUT2D eigenvalue weighted by molar-refractivity contribution is -0.125. The van der Waals surface area contributed by atoms with E-state index >= 15 is 0 Å². The van der Waals surface area contributed by atoms with Gasteiger partial charge in [0.2, 0.25) is 17.8 Å². The fraction of sp³-hybridized carbons (Fsp3) is 0.190. The summed E-state index contributed by atoms with van der Waals surface area (Å²) in [6.07, 6.45) is -0.993. The normalized spacial score (nSPS) is 15.1. The third kappa shape index (κ3) is 5.01. The van der Waals surface area contributed by atoms with Crippen LogP contribution in [0.25, 0.3) is 0 Å². The molecule has 4 rings (SSSR count). The number of anilines is 5. The Morgan fingerprint density at radius 3 is 1.64 bits per heavy atom. The summed E-state index contributed by atoms with van der Waals surface area (Å²) >= 11 is 0. The lowest BCUT2D eigenvalue weighted by Crippen LogP contribution is -2.37. The second-order valence-electron chi connectivity index (χ2n) is 6.94. The average molecular weight is 450 g/mol. The van der Waals surface area contributed by atoms with Gasteiger partial charge in [-0.25, -0.2) is 4.79 Å². The summed E-state index contributed by atoms with van der Waals surface area (Å²) < 4.78 is 10.3. The fourth-order valence-corrected chi connectivity index (χ4v) is 2.96. The monoisotopic (exact) mass is 450 g/mol. The number of rotatable bonds is 8. The maximum atomic E-state index is 12.2. The van der Waals surface area contributed by atoms with Gasteiger partial charge in [0.1, 0.15) is 11.5 Å². The number of ether oxygens (including phenoxy) is 2. The van der Waals surface area contributed by atoms with Crippen LogP contribution in [0.1, 0.15) is 0 Å². The molecule has 1 atom stereocenters. The molecule has 0 bridgehead atoms. The van der Waals surface area contributed by atoms with E-state index in [4.69, 9.17) is 9.47 Å². The Morgan fingerprint density at radius 2 is 1.24 bits per heavy atom. The molecule has 2 aromatic carbocycles. The van der Waals surface area contributed by atoms with Crippen LogP contribution in [0.5, 0.6) is 11.5 Å². The largest absolute Gasteiger partial charge is 0.497 e. The standard InChI is InChI=1S/C21H22N8O4/c1-29-17(30)16(25-21(29)31)24-20-27-18(22-12-4-8-14(32-2)9-5-12)26-19(28-20)23-13-6-10-15(33-3)11-7-13/h4-11,16H,1-3H3,(H,25,31)(H3,22,23,24,26,27,28). The van der Waals surface area contributed by atoms with Gasteiger partial charge >= 0.3 is 6.03 Å². The molecule has 12 heteroatoms. The van der Waals surface area contributed by atoms with Crippen molar-refractivity contribution < 1.29 is 19.1 Å². The number of aromatic nitrogens is 3. The Labute approximate surface area is 189 Å². The van der Waals surface area contributed by atoms with Crippen molar-refractivity contribution >= 4 is 41.2 Å². The fourth-order valence-electron chi connectivity index (χ4n) is 2.96. The maximum absolute atomic E-state index is 12.2. The van der Waals surface area contributed by atoms with Crippen molar-refractivity contribution in [3.63, 3.8) is 0 Å². The number of nitrogens with one attached hydrogen (secondary N) is 4. The van der Waals surface area contributed by atoms with Crippen molar-refractivity contribution in [3.8, 4) is 11.5 Å². The van der Waals surface area contributed by atoms with E-state index in [1.165, 1.54) is 7.05 Å². The molecule has 0 radical (unpaired) electrons. The van der Waals surface area contributed by atoms with Gasteiger partial charge in [-0.2, -0.15) is 15.0 Å². The highest BCUT2D eigenvalue weighted by atomic mass is 16.5. The smallest absolute Gasteiger partial charge is 0.325 e. The first kappa shape index (κ1) is 21.6. The van der Waals surface area contributed by atoms with E-state index < -0.39 is 18.1 Å². The number of amides is 3. The average Bonchev–Trinajstić information content (AvgIpc) is 3.06. The van der Waals surface area contributed by atoms with Gasteiger partial charge in [0, 0.05) is 18.4 Å². The zero-order valence-electron chi connectivity index (χ0n) is 18.1. The third-order valence-corrected chi connectivity index (χ3v) is 4.75. The van der Waals surface area contributed by atoms with E-state index in [-0.39, 0.29) is 17.8 Å². The van der Waals surface area contributed by atoms with Crippen LogP contribution in [0.4, 0.5) is 34.0 Å². The maximum Gasteiger partial charge on any atom is 0.325 e. The molecule has 1 fully saturated rings. The lowest BCUT2D eigenvalue weighted by Gasteiger charge is -2.14. The molecule has 1 aliphatic heterocycles. The van der Waals surface area contributed by atoms with Crippen LogP contribution in [-0.2, 0) is 4.79 Å². The van der Waals surface area contributed by atoms with E-state index in [0.29, 0.717) is 22.9 Å².